The zero-order valence-corrected chi connectivity index (χ0v) is 18.8. The van der Waals surface area contributed by atoms with Crippen molar-refractivity contribution in [1.29, 1.82) is 0 Å². The minimum Gasteiger partial charge on any atom is -0.503 e. The monoisotopic (exact) mass is 446 g/mol. The van der Waals surface area contributed by atoms with E-state index >= 15 is 0 Å². The molecule has 0 bridgehead atoms. The van der Waals surface area contributed by atoms with Crippen LogP contribution in [0, 0.1) is 5.41 Å². The molecule has 0 spiro atoms. The smallest absolute Gasteiger partial charge is 0.294 e. The summed E-state index contributed by atoms with van der Waals surface area (Å²) in [6.45, 7) is 5.30. The average Bonchev–Trinajstić information content (AvgIpc) is 3.04. The van der Waals surface area contributed by atoms with Crippen molar-refractivity contribution in [2.75, 3.05) is 4.90 Å². The molecule has 1 amide bonds. The number of carbonyl (C=O) groups is 2. The molecule has 5 nitrogen and oxygen atoms in total. The molecule has 0 aliphatic carbocycles. The quantitative estimate of drug-likeness (QED) is 0.540. The molecule has 0 fully saturated rings. The van der Waals surface area contributed by atoms with Gasteiger partial charge in [-0.1, -0.05) is 62.7 Å². The second-order valence-electron chi connectivity index (χ2n) is 8.76. The average molecular weight is 447 g/mol. The van der Waals surface area contributed by atoms with Crippen LogP contribution in [0.2, 0.25) is 5.02 Å². The Morgan fingerprint density at radius 3 is 2.22 bits per heavy atom. The zero-order valence-electron chi connectivity index (χ0n) is 18.0. The molecule has 162 valence electrons. The Balaban J connectivity index is 1.81. The summed E-state index contributed by atoms with van der Waals surface area (Å²) in [6, 6.07) is 17.4. The molecule has 1 aliphatic heterocycles. The molecule has 4 rings (SSSR count). The highest BCUT2D eigenvalue weighted by Crippen LogP contribution is 2.43. The van der Waals surface area contributed by atoms with Gasteiger partial charge < -0.3 is 5.11 Å². The lowest BCUT2D eigenvalue weighted by atomic mass is 9.82. The Labute approximate surface area is 192 Å². The van der Waals surface area contributed by atoms with E-state index < -0.39 is 23.1 Å². The number of rotatable bonds is 4. The van der Waals surface area contributed by atoms with Crippen LogP contribution in [0.4, 0.5) is 5.69 Å². The first kappa shape index (κ1) is 21.8. The first-order chi connectivity index (χ1) is 15.2. The highest BCUT2D eigenvalue weighted by molar-refractivity contribution is 6.30. The standard InChI is InChI=1S/C26H23ClN2O3/c1-26(2,3)24(31)21-22(17-6-10-19(27)11-7-17)29(25(32)23(21)30)20-12-8-16(9-13-20)18-5-4-14-28-15-18/h4-15,22,30H,1-3H3. The molecular weight excluding hydrogens is 424 g/mol. The Morgan fingerprint density at radius 2 is 1.66 bits per heavy atom. The summed E-state index contributed by atoms with van der Waals surface area (Å²) in [5.41, 5.74) is 2.49. The van der Waals surface area contributed by atoms with Crippen LogP contribution in [0.15, 0.2) is 84.4 Å². The van der Waals surface area contributed by atoms with E-state index in [-0.39, 0.29) is 11.4 Å². The number of aliphatic hydroxyl groups is 1. The van der Waals surface area contributed by atoms with Crippen LogP contribution >= 0.6 is 11.6 Å². The molecule has 6 heteroatoms. The van der Waals surface area contributed by atoms with Crippen LogP contribution in [0.5, 0.6) is 0 Å². The number of carbonyl (C=O) groups excluding carboxylic acids is 2. The number of benzene rings is 2. The number of aromatic nitrogens is 1. The van der Waals surface area contributed by atoms with Crippen molar-refractivity contribution in [1.82, 2.24) is 4.98 Å². The molecule has 1 N–H and O–H groups in total. The van der Waals surface area contributed by atoms with Gasteiger partial charge in [-0.15, -0.1) is 0 Å². The lowest BCUT2D eigenvalue weighted by Gasteiger charge is -2.29. The molecule has 1 aromatic heterocycles. The van der Waals surface area contributed by atoms with E-state index in [1.165, 1.54) is 4.90 Å². The van der Waals surface area contributed by atoms with Gasteiger partial charge >= 0.3 is 0 Å². The van der Waals surface area contributed by atoms with Crippen LogP contribution in [0.25, 0.3) is 11.1 Å². The lowest BCUT2D eigenvalue weighted by Crippen LogP contribution is -2.32. The van der Waals surface area contributed by atoms with E-state index in [0.29, 0.717) is 16.3 Å². The summed E-state index contributed by atoms with van der Waals surface area (Å²) >= 11 is 6.06. The van der Waals surface area contributed by atoms with E-state index in [1.54, 1.807) is 69.6 Å². The number of ketones is 1. The summed E-state index contributed by atoms with van der Waals surface area (Å²) in [4.78, 5) is 32.0. The molecule has 1 aliphatic rings. The number of pyridine rings is 1. The fraction of sp³-hybridized carbons (Fsp3) is 0.192. The molecule has 0 saturated heterocycles. The molecule has 2 aromatic carbocycles. The minimum atomic E-state index is -0.769. The second-order valence-corrected chi connectivity index (χ2v) is 9.20. The SMILES string of the molecule is CC(C)(C)C(=O)C1=C(O)C(=O)N(c2ccc(-c3cccnc3)cc2)C1c1ccc(Cl)cc1. The van der Waals surface area contributed by atoms with Gasteiger partial charge in [-0.2, -0.15) is 0 Å². The normalized spacial score (nSPS) is 16.6. The van der Waals surface area contributed by atoms with Crippen molar-refractivity contribution in [2.24, 2.45) is 5.41 Å². The maximum atomic E-state index is 13.3. The van der Waals surface area contributed by atoms with Gasteiger partial charge in [0.25, 0.3) is 5.91 Å². The fourth-order valence-electron chi connectivity index (χ4n) is 3.82. The van der Waals surface area contributed by atoms with E-state index in [4.69, 9.17) is 11.6 Å². The molecule has 3 aromatic rings. The Kier molecular flexibility index (Phi) is 5.61. The number of aliphatic hydroxyl groups excluding tert-OH is 1. The summed E-state index contributed by atoms with van der Waals surface area (Å²) in [5.74, 6) is -1.40. The third-order valence-electron chi connectivity index (χ3n) is 5.46. The summed E-state index contributed by atoms with van der Waals surface area (Å²) in [6.07, 6.45) is 3.47. The van der Waals surface area contributed by atoms with Crippen molar-refractivity contribution in [3.05, 3.63) is 95.0 Å². The molecule has 0 radical (unpaired) electrons. The topological polar surface area (TPSA) is 70.5 Å². The molecule has 32 heavy (non-hydrogen) atoms. The van der Waals surface area contributed by atoms with Gasteiger partial charge in [-0.3, -0.25) is 19.5 Å². The number of nitrogens with zero attached hydrogens (tertiary/aromatic N) is 2. The number of anilines is 1. The Morgan fingerprint density at radius 1 is 1.00 bits per heavy atom. The molecule has 1 unspecified atom stereocenters. The van der Waals surface area contributed by atoms with E-state index in [0.717, 1.165) is 11.1 Å². The van der Waals surface area contributed by atoms with Crippen LogP contribution in [0.1, 0.15) is 32.4 Å². The van der Waals surface area contributed by atoms with Crippen LogP contribution in [0.3, 0.4) is 0 Å². The van der Waals surface area contributed by atoms with Crippen LogP contribution in [-0.2, 0) is 9.59 Å². The van der Waals surface area contributed by atoms with Crippen molar-refractivity contribution >= 4 is 29.0 Å². The van der Waals surface area contributed by atoms with Gasteiger partial charge in [-0.25, -0.2) is 0 Å². The third-order valence-corrected chi connectivity index (χ3v) is 5.71. The van der Waals surface area contributed by atoms with Crippen molar-refractivity contribution in [3.63, 3.8) is 0 Å². The minimum absolute atomic E-state index is 0.0983. The highest BCUT2D eigenvalue weighted by Gasteiger charge is 2.46. The summed E-state index contributed by atoms with van der Waals surface area (Å²) in [7, 11) is 0. The van der Waals surface area contributed by atoms with Gasteiger partial charge in [0.1, 0.15) is 0 Å². The predicted octanol–water partition coefficient (Wildman–Crippen LogP) is 5.92. The van der Waals surface area contributed by atoms with Crippen molar-refractivity contribution < 1.29 is 14.7 Å². The van der Waals surface area contributed by atoms with Gasteiger partial charge in [0, 0.05) is 28.5 Å². The number of hydrogen-bond acceptors (Lipinski definition) is 4. The Bertz CT molecular complexity index is 1190. The largest absolute Gasteiger partial charge is 0.503 e. The maximum Gasteiger partial charge on any atom is 0.294 e. The van der Waals surface area contributed by atoms with Gasteiger partial charge in [-0.05, 0) is 47.0 Å². The first-order valence-electron chi connectivity index (χ1n) is 10.3. The predicted molar refractivity (Wildman–Crippen MR) is 125 cm³/mol. The summed E-state index contributed by atoms with van der Waals surface area (Å²) in [5, 5.41) is 11.3. The third kappa shape index (κ3) is 3.92. The maximum absolute atomic E-state index is 13.3. The number of Topliss-reactive ketones (excluding diaryl/α,β-unsaturated/α-hetero) is 1. The fourth-order valence-corrected chi connectivity index (χ4v) is 3.94. The van der Waals surface area contributed by atoms with Gasteiger partial charge in [0.15, 0.2) is 11.5 Å². The molecule has 2 heterocycles. The van der Waals surface area contributed by atoms with E-state index in [1.807, 2.05) is 24.3 Å². The second kappa shape index (κ2) is 8.24. The summed E-state index contributed by atoms with van der Waals surface area (Å²) < 4.78 is 0. The lowest BCUT2D eigenvalue weighted by molar-refractivity contribution is -0.123. The van der Waals surface area contributed by atoms with Crippen molar-refractivity contribution in [3.8, 4) is 11.1 Å². The van der Waals surface area contributed by atoms with Crippen molar-refractivity contribution in [2.45, 2.75) is 26.8 Å². The molecular formula is C26H23ClN2O3. The van der Waals surface area contributed by atoms with E-state index in [9.17, 15) is 14.7 Å². The highest BCUT2D eigenvalue weighted by atomic mass is 35.5. The van der Waals surface area contributed by atoms with Crippen LogP contribution in [-0.4, -0.2) is 21.8 Å². The number of hydrogen-bond donors (Lipinski definition) is 1. The molecule has 0 saturated carbocycles. The number of halogens is 1. The first-order valence-corrected chi connectivity index (χ1v) is 10.6. The van der Waals surface area contributed by atoms with Crippen LogP contribution < -0.4 is 4.90 Å². The number of amides is 1. The van der Waals surface area contributed by atoms with E-state index in [2.05, 4.69) is 4.98 Å². The Hall–Kier alpha value is -3.44. The van der Waals surface area contributed by atoms with Gasteiger partial charge in [0.05, 0.1) is 11.6 Å². The zero-order chi connectivity index (χ0) is 23.0. The van der Waals surface area contributed by atoms with Gasteiger partial charge in [0.2, 0.25) is 0 Å². The molecule has 1 atom stereocenters.